The van der Waals surface area contributed by atoms with E-state index in [4.69, 9.17) is 16.3 Å². The summed E-state index contributed by atoms with van der Waals surface area (Å²) >= 11 is 6.97. The molecule has 18 heavy (non-hydrogen) atoms. The summed E-state index contributed by atoms with van der Waals surface area (Å²) in [6.07, 6.45) is 0. The van der Waals surface area contributed by atoms with Crippen molar-refractivity contribution in [2.45, 2.75) is 0 Å². The second kappa shape index (κ2) is 7.85. The third kappa shape index (κ3) is 4.33. The van der Waals surface area contributed by atoms with E-state index in [-0.39, 0.29) is 0 Å². The average molecular weight is 292 g/mol. The Bertz CT molecular complexity index is 329. The summed E-state index contributed by atoms with van der Waals surface area (Å²) in [4.78, 5) is 2.09. The molecule has 0 unspecified atom stereocenters. The number of piperazine rings is 1. The maximum absolute atomic E-state index is 5.83. The highest BCUT2D eigenvalue weighted by atomic mass is 35.5. The van der Waals surface area contributed by atoms with Crippen LogP contribution in [0.25, 0.3) is 0 Å². The Morgan fingerprint density at radius 1 is 1.06 bits per heavy atom. The van der Waals surface area contributed by atoms with Crippen LogP contribution in [0.5, 0.6) is 0 Å². The number of morpholine rings is 1. The van der Waals surface area contributed by atoms with Crippen LogP contribution < -0.4 is 15.5 Å². The number of hydrogen-bond acceptors (Lipinski definition) is 7. The maximum atomic E-state index is 5.83. The molecule has 2 aliphatic heterocycles. The third-order valence-corrected chi connectivity index (χ3v) is 3.57. The zero-order valence-corrected chi connectivity index (χ0v) is 11.8. The SMILES string of the molecule is C1CNCCN1.Clc1nsnc1N1CCOCC1. The van der Waals surface area contributed by atoms with E-state index in [1.165, 1.54) is 0 Å². The first kappa shape index (κ1) is 14.0. The van der Waals surface area contributed by atoms with Gasteiger partial charge in [0.05, 0.1) is 24.9 Å². The second-order valence-corrected chi connectivity index (χ2v) is 4.86. The molecule has 0 atom stereocenters. The van der Waals surface area contributed by atoms with Crippen LogP contribution in [0.3, 0.4) is 0 Å². The van der Waals surface area contributed by atoms with E-state index < -0.39 is 0 Å². The number of rotatable bonds is 1. The lowest BCUT2D eigenvalue weighted by molar-refractivity contribution is 0.122. The van der Waals surface area contributed by atoms with Gasteiger partial charge < -0.3 is 20.3 Å². The van der Waals surface area contributed by atoms with Crippen LogP contribution in [0.1, 0.15) is 0 Å². The molecule has 1 aromatic heterocycles. The van der Waals surface area contributed by atoms with Gasteiger partial charge in [0, 0.05) is 39.3 Å². The molecule has 1 aromatic rings. The number of halogens is 1. The molecular formula is C10H18ClN5OS. The van der Waals surface area contributed by atoms with Gasteiger partial charge >= 0.3 is 0 Å². The zero-order valence-electron chi connectivity index (χ0n) is 10.2. The van der Waals surface area contributed by atoms with Crippen LogP contribution in [0.15, 0.2) is 0 Å². The van der Waals surface area contributed by atoms with Crippen molar-refractivity contribution >= 4 is 29.1 Å². The van der Waals surface area contributed by atoms with Crippen molar-refractivity contribution in [1.29, 1.82) is 0 Å². The quantitative estimate of drug-likeness (QED) is 0.771. The molecule has 2 aliphatic rings. The van der Waals surface area contributed by atoms with E-state index >= 15 is 0 Å². The van der Waals surface area contributed by atoms with Gasteiger partial charge in [-0.3, -0.25) is 0 Å². The molecule has 2 fully saturated rings. The Kier molecular flexibility index (Phi) is 6.09. The maximum Gasteiger partial charge on any atom is 0.187 e. The Balaban J connectivity index is 0.000000169. The number of nitrogens with one attached hydrogen (secondary N) is 2. The van der Waals surface area contributed by atoms with Crippen molar-refractivity contribution in [2.24, 2.45) is 0 Å². The van der Waals surface area contributed by atoms with Crippen molar-refractivity contribution < 1.29 is 4.74 Å². The van der Waals surface area contributed by atoms with E-state index in [0.29, 0.717) is 5.15 Å². The lowest BCUT2D eigenvalue weighted by atomic mass is 10.4. The highest BCUT2D eigenvalue weighted by Gasteiger charge is 2.16. The number of ether oxygens (including phenoxy) is 1. The lowest BCUT2D eigenvalue weighted by Crippen LogP contribution is -2.39. The number of anilines is 1. The van der Waals surface area contributed by atoms with Crippen molar-refractivity contribution in [3.05, 3.63) is 5.15 Å². The van der Waals surface area contributed by atoms with Gasteiger partial charge in [-0.25, -0.2) is 0 Å². The van der Waals surface area contributed by atoms with Crippen molar-refractivity contribution in [1.82, 2.24) is 19.4 Å². The molecule has 2 saturated heterocycles. The summed E-state index contributed by atoms with van der Waals surface area (Å²) in [5, 5.41) is 6.95. The van der Waals surface area contributed by atoms with Gasteiger partial charge in [0.15, 0.2) is 11.0 Å². The third-order valence-electron chi connectivity index (χ3n) is 2.70. The fraction of sp³-hybridized carbons (Fsp3) is 0.800. The standard InChI is InChI=1S/C6H8ClN3OS.C4H10N2/c7-5-6(9-12-8-5)10-1-3-11-4-2-10;1-2-6-4-3-5-1/h1-4H2;5-6H,1-4H2. The zero-order chi connectivity index (χ0) is 12.6. The molecule has 0 aliphatic carbocycles. The monoisotopic (exact) mass is 291 g/mol. The van der Waals surface area contributed by atoms with Gasteiger partial charge in [0.2, 0.25) is 0 Å². The van der Waals surface area contributed by atoms with E-state index in [9.17, 15) is 0 Å². The summed E-state index contributed by atoms with van der Waals surface area (Å²) in [6.45, 7) is 7.75. The van der Waals surface area contributed by atoms with Crippen molar-refractivity contribution in [2.75, 3.05) is 57.4 Å². The first-order chi connectivity index (χ1) is 8.88. The Morgan fingerprint density at radius 2 is 1.67 bits per heavy atom. The predicted octanol–water partition coefficient (Wildman–Crippen LogP) is 0.207. The average Bonchev–Trinajstić information content (AvgIpc) is 2.89. The molecule has 2 N–H and O–H groups in total. The molecule has 3 heterocycles. The van der Waals surface area contributed by atoms with Gasteiger partial charge in [-0.05, 0) is 0 Å². The number of nitrogens with zero attached hydrogens (tertiary/aromatic N) is 3. The van der Waals surface area contributed by atoms with Crippen LogP contribution in [0.4, 0.5) is 5.82 Å². The fourth-order valence-corrected chi connectivity index (χ4v) is 2.52. The molecule has 3 rings (SSSR count). The molecule has 6 nitrogen and oxygen atoms in total. The minimum atomic E-state index is 0.502. The Morgan fingerprint density at radius 3 is 2.11 bits per heavy atom. The lowest BCUT2D eigenvalue weighted by Gasteiger charge is -2.26. The number of aromatic nitrogens is 2. The van der Waals surface area contributed by atoms with Crippen LogP contribution in [-0.2, 0) is 4.74 Å². The van der Waals surface area contributed by atoms with Gasteiger partial charge in [-0.15, -0.1) is 0 Å². The normalized spacial score (nSPS) is 20.2. The van der Waals surface area contributed by atoms with Crippen molar-refractivity contribution in [3.8, 4) is 0 Å². The van der Waals surface area contributed by atoms with E-state index in [1.54, 1.807) is 0 Å². The largest absolute Gasteiger partial charge is 0.378 e. The molecule has 0 radical (unpaired) electrons. The van der Waals surface area contributed by atoms with Crippen LogP contribution >= 0.6 is 23.3 Å². The molecule has 0 bridgehead atoms. The van der Waals surface area contributed by atoms with Crippen LogP contribution in [0.2, 0.25) is 5.15 Å². The summed E-state index contributed by atoms with van der Waals surface area (Å²) in [6, 6.07) is 0. The van der Waals surface area contributed by atoms with Gasteiger partial charge in [0.25, 0.3) is 0 Å². The summed E-state index contributed by atoms with van der Waals surface area (Å²) in [5.74, 6) is 0.796. The smallest absolute Gasteiger partial charge is 0.187 e. The van der Waals surface area contributed by atoms with Gasteiger partial charge in [-0.1, -0.05) is 11.6 Å². The topological polar surface area (TPSA) is 62.3 Å². The molecule has 102 valence electrons. The molecule has 0 aromatic carbocycles. The molecule has 0 saturated carbocycles. The van der Waals surface area contributed by atoms with E-state index in [2.05, 4.69) is 24.3 Å². The predicted molar refractivity (Wildman–Crippen MR) is 73.7 cm³/mol. The molecule has 0 amide bonds. The molecule has 0 spiro atoms. The van der Waals surface area contributed by atoms with Crippen LogP contribution in [-0.4, -0.2) is 61.2 Å². The Labute approximate surface area is 116 Å². The summed E-state index contributed by atoms with van der Waals surface area (Å²) in [7, 11) is 0. The van der Waals surface area contributed by atoms with Gasteiger partial charge in [-0.2, -0.15) is 8.75 Å². The van der Waals surface area contributed by atoms with Gasteiger partial charge in [0.1, 0.15) is 0 Å². The highest BCUT2D eigenvalue weighted by Crippen LogP contribution is 2.23. The summed E-state index contributed by atoms with van der Waals surface area (Å²) in [5.41, 5.74) is 0. The van der Waals surface area contributed by atoms with Crippen molar-refractivity contribution in [3.63, 3.8) is 0 Å². The minimum Gasteiger partial charge on any atom is -0.378 e. The number of hydrogen-bond donors (Lipinski definition) is 2. The first-order valence-electron chi connectivity index (χ1n) is 6.10. The fourth-order valence-electron chi connectivity index (χ4n) is 1.74. The summed E-state index contributed by atoms with van der Waals surface area (Å²) < 4.78 is 13.2. The van der Waals surface area contributed by atoms with E-state index in [0.717, 1.165) is 70.0 Å². The highest BCUT2D eigenvalue weighted by molar-refractivity contribution is 6.99. The van der Waals surface area contributed by atoms with E-state index in [1.807, 2.05) is 0 Å². The Hall–Kier alpha value is -0.470. The minimum absolute atomic E-state index is 0.502. The second-order valence-electron chi connectivity index (χ2n) is 3.98. The molecule has 8 heteroatoms. The van der Waals surface area contributed by atoms with Crippen LogP contribution in [0, 0.1) is 0 Å². The first-order valence-corrected chi connectivity index (χ1v) is 7.21. The molecular weight excluding hydrogens is 274 g/mol.